The van der Waals surface area contributed by atoms with E-state index in [4.69, 9.17) is 4.74 Å². The monoisotopic (exact) mass is 303 g/mol. The van der Waals surface area contributed by atoms with Crippen LogP contribution in [0.1, 0.15) is 22.5 Å². The molecule has 0 bridgehead atoms. The van der Waals surface area contributed by atoms with Gasteiger partial charge in [-0.3, -0.25) is 0 Å². The van der Waals surface area contributed by atoms with Gasteiger partial charge in [0.15, 0.2) is 0 Å². The van der Waals surface area contributed by atoms with Crippen LogP contribution in [0.4, 0.5) is 0 Å². The molecule has 0 aliphatic heterocycles. The second-order valence-electron chi connectivity index (χ2n) is 5.37. The van der Waals surface area contributed by atoms with Crippen LogP contribution >= 0.6 is 0 Å². The first-order valence-corrected chi connectivity index (χ1v) is 7.42. The minimum atomic E-state index is 0.293. The standard InChI is InChI=1S/C19H17N3O/c1-14-8-10-17(11-9-14)23-13-19-18(12-20)15(2)21-22(19)16-6-4-3-5-7-16/h3-11H,13H2,1-2H3. The Hall–Kier alpha value is -3.06. The molecule has 0 aliphatic carbocycles. The summed E-state index contributed by atoms with van der Waals surface area (Å²) in [7, 11) is 0. The highest BCUT2D eigenvalue weighted by Gasteiger charge is 2.16. The Morgan fingerprint density at radius 3 is 2.39 bits per heavy atom. The topological polar surface area (TPSA) is 50.8 Å². The van der Waals surface area contributed by atoms with Crippen LogP contribution in [0.2, 0.25) is 0 Å². The van der Waals surface area contributed by atoms with Crippen LogP contribution in [-0.2, 0) is 6.61 Å². The molecule has 0 saturated heterocycles. The summed E-state index contributed by atoms with van der Waals surface area (Å²) in [4.78, 5) is 0. The summed E-state index contributed by atoms with van der Waals surface area (Å²) in [5.74, 6) is 0.776. The Morgan fingerprint density at radius 2 is 1.74 bits per heavy atom. The van der Waals surface area contributed by atoms with Gasteiger partial charge in [0.05, 0.1) is 17.1 Å². The van der Waals surface area contributed by atoms with E-state index < -0.39 is 0 Å². The van der Waals surface area contributed by atoms with Crippen molar-refractivity contribution in [1.82, 2.24) is 9.78 Å². The SMILES string of the molecule is Cc1ccc(OCc2c(C#N)c(C)nn2-c2ccccc2)cc1. The van der Waals surface area contributed by atoms with E-state index in [1.54, 1.807) is 4.68 Å². The van der Waals surface area contributed by atoms with Crippen molar-refractivity contribution in [2.45, 2.75) is 20.5 Å². The molecule has 0 saturated carbocycles. The van der Waals surface area contributed by atoms with Crippen LogP contribution in [0.3, 0.4) is 0 Å². The molecule has 0 aliphatic rings. The highest BCUT2D eigenvalue weighted by molar-refractivity contribution is 5.43. The van der Waals surface area contributed by atoms with Crippen LogP contribution < -0.4 is 4.74 Å². The number of hydrogen-bond acceptors (Lipinski definition) is 3. The van der Waals surface area contributed by atoms with Gasteiger partial charge in [-0.05, 0) is 38.1 Å². The lowest BCUT2D eigenvalue weighted by molar-refractivity contribution is 0.297. The molecule has 0 amide bonds. The summed E-state index contributed by atoms with van der Waals surface area (Å²) >= 11 is 0. The lowest BCUT2D eigenvalue weighted by Gasteiger charge is -2.10. The molecular weight excluding hydrogens is 286 g/mol. The van der Waals surface area contributed by atoms with Crippen molar-refractivity contribution < 1.29 is 4.74 Å². The zero-order chi connectivity index (χ0) is 16.2. The molecule has 0 spiro atoms. The molecule has 4 nitrogen and oxygen atoms in total. The van der Waals surface area contributed by atoms with Gasteiger partial charge in [-0.2, -0.15) is 10.4 Å². The predicted molar refractivity (Wildman–Crippen MR) is 88.5 cm³/mol. The Labute approximate surface area is 135 Å². The van der Waals surface area contributed by atoms with Crippen molar-refractivity contribution >= 4 is 0 Å². The number of nitrogens with zero attached hydrogens (tertiary/aromatic N) is 3. The van der Waals surface area contributed by atoms with Crippen molar-refractivity contribution in [2.75, 3.05) is 0 Å². The van der Waals surface area contributed by atoms with Gasteiger partial charge >= 0.3 is 0 Å². The third kappa shape index (κ3) is 3.09. The minimum absolute atomic E-state index is 0.293. The van der Waals surface area contributed by atoms with Crippen molar-refractivity contribution in [2.24, 2.45) is 0 Å². The molecule has 0 radical (unpaired) electrons. The fourth-order valence-electron chi connectivity index (χ4n) is 2.42. The van der Waals surface area contributed by atoms with Gasteiger partial charge in [0.2, 0.25) is 0 Å². The van der Waals surface area contributed by atoms with Crippen molar-refractivity contribution in [1.29, 1.82) is 5.26 Å². The molecule has 0 N–H and O–H groups in total. The molecule has 1 aromatic heterocycles. The zero-order valence-corrected chi connectivity index (χ0v) is 13.2. The first-order chi connectivity index (χ1) is 11.2. The van der Waals surface area contributed by atoms with Gasteiger partial charge < -0.3 is 4.74 Å². The number of hydrogen-bond donors (Lipinski definition) is 0. The molecule has 0 atom stereocenters. The molecule has 4 heteroatoms. The average molecular weight is 303 g/mol. The summed E-state index contributed by atoms with van der Waals surface area (Å²) in [6.45, 7) is 4.17. The van der Waals surface area contributed by atoms with Crippen LogP contribution in [0.15, 0.2) is 54.6 Å². The lowest BCUT2D eigenvalue weighted by atomic mass is 10.2. The first-order valence-electron chi connectivity index (χ1n) is 7.42. The van der Waals surface area contributed by atoms with E-state index in [1.807, 2.05) is 68.4 Å². The van der Waals surface area contributed by atoms with Gasteiger partial charge in [-0.25, -0.2) is 4.68 Å². The predicted octanol–water partition coefficient (Wildman–Crippen LogP) is 3.94. The quantitative estimate of drug-likeness (QED) is 0.733. The molecule has 23 heavy (non-hydrogen) atoms. The maximum atomic E-state index is 9.43. The number of aromatic nitrogens is 2. The average Bonchev–Trinajstić information content (AvgIpc) is 2.91. The number of rotatable bonds is 4. The van der Waals surface area contributed by atoms with Crippen molar-refractivity contribution in [3.05, 3.63) is 77.1 Å². The number of para-hydroxylation sites is 1. The molecule has 0 fully saturated rings. The number of nitriles is 1. The lowest BCUT2D eigenvalue weighted by Crippen LogP contribution is -2.07. The molecule has 2 aromatic carbocycles. The van der Waals surface area contributed by atoms with E-state index in [0.29, 0.717) is 17.9 Å². The van der Waals surface area contributed by atoms with E-state index in [-0.39, 0.29) is 0 Å². The van der Waals surface area contributed by atoms with E-state index in [2.05, 4.69) is 11.2 Å². The number of ether oxygens (including phenoxy) is 1. The summed E-state index contributed by atoms with van der Waals surface area (Å²) < 4.78 is 7.63. The van der Waals surface area contributed by atoms with Gasteiger partial charge in [0.25, 0.3) is 0 Å². The largest absolute Gasteiger partial charge is 0.487 e. The Balaban J connectivity index is 1.94. The second kappa shape index (κ2) is 6.37. The van der Waals surface area contributed by atoms with Gasteiger partial charge in [-0.1, -0.05) is 35.9 Å². The molecule has 3 aromatic rings. The Kier molecular flexibility index (Phi) is 4.11. The summed E-state index contributed by atoms with van der Waals surface area (Å²) in [5.41, 5.74) is 4.14. The zero-order valence-electron chi connectivity index (χ0n) is 13.2. The van der Waals surface area contributed by atoms with Crippen molar-refractivity contribution in [3.63, 3.8) is 0 Å². The smallest absolute Gasteiger partial charge is 0.132 e. The molecule has 114 valence electrons. The van der Waals surface area contributed by atoms with E-state index in [1.165, 1.54) is 5.56 Å². The maximum absolute atomic E-state index is 9.43. The van der Waals surface area contributed by atoms with Gasteiger partial charge in [0, 0.05) is 0 Å². The third-order valence-corrected chi connectivity index (χ3v) is 3.67. The Bertz CT molecular complexity index is 843. The van der Waals surface area contributed by atoms with Crippen LogP contribution in [0.5, 0.6) is 5.75 Å². The molecular formula is C19H17N3O. The van der Waals surface area contributed by atoms with Gasteiger partial charge in [-0.15, -0.1) is 0 Å². The van der Waals surface area contributed by atoms with E-state index >= 15 is 0 Å². The number of aryl methyl sites for hydroxylation is 2. The molecule has 1 heterocycles. The summed E-state index contributed by atoms with van der Waals surface area (Å²) in [5, 5.41) is 13.9. The highest BCUT2D eigenvalue weighted by Crippen LogP contribution is 2.20. The first kappa shape index (κ1) is 14.9. The molecule has 0 unspecified atom stereocenters. The van der Waals surface area contributed by atoms with Crippen LogP contribution in [0.25, 0.3) is 5.69 Å². The van der Waals surface area contributed by atoms with Crippen LogP contribution in [-0.4, -0.2) is 9.78 Å². The fraction of sp³-hybridized carbons (Fsp3) is 0.158. The summed E-state index contributed by atoms with van der Waals surface area (Å²) in [6.07, 6.45) is 0. The third-order valence-electron chi connectivity index (χ3n) is 3.67. The maximum Gasteiger partial charge on any atom is 0.132 e. The normalized spacial score (nSPS) is 10.3. The number of benzene rings is 2. The van der Waals surface area contributed by atoms with Crippen LogP contribution in [0, 0.1) is 25.2 Å². The summed E-state index contributed by atoms with van der Waals surface area (Å²) in [6, 6.07) is 19.9. The van der Waals surface area contributed by atoms with E-state index in [0.717, 1.165) is 17.1 Å². The minimum Gasteiger partial charge on any atom is -0.487 e. The fourth-order valence-corrected chi connectivity index (χ4v) is 2.42. The second-order valence-corrected chi connectivity index (χ2v) is 5.37. The van der Waals surface area contributed by atoms with Crippen molar-refractivity contribution in [3.8, 4) is 17.5 Å². The van der Waals surface area contributed by atoms with E-state index in [9.17, 15) is 5.26 Å². The molecule has 3 rings (SSSR count). The van der Waals surface area contributed by atoms with Gasteiger partial charge in [0.1, 0.15) is 24.0 Å². The highest BCUT2D eigenvalue weighted by atomic mass is 16.5. The Morgan fingerprint density at radius 1 is 1.04 bits per heavy atom.